The molecule has 5 nitrogen and oxygen atoms in total. The van der Waals surface area contributed by atoms with Crippen molar-refractivity contribution in [2.24, 2.45) is 5.92 Å². The summed E-state index contributed by atoms with van der Waals surface area (Å²) in [4.78, 5) is 10.9. The molecular weight excluding hydrogens is 421 g/mol. The summed E-state index contributed by atoms with van der Waals surface area (Å²) < 4.78 is 28.1. The van der Waals surface area contributed by atoms with Crippen molar-refractivity contribution in [3.05, 3.63) is 77.3 Å². The third-order valence-electron chi connectivity index (χ3n) is 4.87. The summed E-state index contributed by atoms with van der Waals surface area (Å²) in [6, 6.07) is 15.4. The van der Waals surface area contributed by atoms with Crippen molar-refractivity contribution >= 4 is 57.2 Å². The van der Waals surface area contributed by atoms with E-state index >= 15 is 0 Å². The molecule has 150 valence electrons. The second kappa shape index (κ2) is 10.8. The predicted octanol–water partition coefficient (Wildman–Crippen LogP) is 3.86. The molecule has 3 rings (SSSR count). The summed E-state index contributed by atoms with van der Waals surface area (Å²) in [6.45, 7) is 0.401. The second-order valence-corrected chi connectivity index (χ2v) is 9.07. The first-order valence-corrected chi connectivity index (χ1v) is 10.9. The fourth-order valence-electron chi connectivity index (χ4n) is 3.54. The molecule has 0 bridgehead atoms. The van der Waals surface area contributed by atoms with Gasteiger partial charge in [-0.1, -0.05) is 54.1 Å². The first-order valence-electron chi connectivity index (χ1n) is 9.10. The molecule has 1 fully saturated rings. The van der Waals surface area contributed by atoms with Crippen molar-refractivity contribution in [3.63, 3.8) is 0 Å². The summed E-state index contributed by atoms with van der Waals surface area (Å²) in [5, 5.41) is 9.28. The first-order chi connectivity index (χ1) is 13.4. The number of aliphatic carboxylic acids is 1. The van der Waals surface area contributed by atoms with E-state index in [-0.39, 0.29) is 52.8 Å². The maximum atomic E-state index is 13.3. The van der Waals surface area contributed by atoms with Gasteiger partial charge in [0.1, 0.15) is 0 Å². The molecule has 2 aromatic rings. The molecule has 0 amide bonds. The van der Waals surface area contributed by atoms with Crippen molar-refractivity contribution < 1.29 is 18.3 Å². The van der Waals surface area contributed by atoms with Gasteiger partial charge in [-0.05, 0) is 48.6 Å². The number of benzene rings is 2. The zero-order chi connectivity index (χ0) is 20.1. The third kappa shape index (κ3) is 5.94. The Morgan fingerprint density at radius 1 is 1.14 bits per heavy atom. The summed E-state index contributed by atoms with van der Waals surface area (Å²) in [5.41, 5.74) is 0.922. The van der Waals surface area contributed by atoms with Crippen LogP contribution >= 0.6 is 11.6 Å². The number of carboxylic acids is 1. The van der Waals surface area contributed by atoms with E-state index in [0.717, 1.165) is 5.56 Å². The normalized spacial score (nSPS) is 19.9. The van der Waals surface area contributed by atoms with E-state index in [1.54, 1.807) is 12.1 Å². The van der Waals surface area contributed by atoms with Gasteiger partial charge in [0.2, 0.25) is 10.0 Å². The first kappa shape index (κ1) is 24.1. The molecule has 1 heterocycles. The molecule has 0 aliphatic carbocycles. The second-order valence-electron chi connectivity index (χ2n) is 6.74. The van der Waals surface area contributed by atoms with E-state index in [9.17, 15) is 13.2 Å². The molecule has 0 aromatic heterocycles. The van der Waals surface area contributed by atoms with E-state index in [1.807, 2.05) is 42.5 Å². The number of halogens is 1. The Kier molecular flexibility index (Phi) is 8.94. The molecule has 1 saturated heterocycles. The molecule has 2 aromatic carbocycles. The predicted molar refractivity (Wildman–Crippen MR) is 116 cm³/mol. The van der Waals surface area contributed by atoms with Crippen LogP contribution in [0.2, 0.25) is 5.02 Å². The van der Waals surface area contributed by atoms with Crippen molar-refractivity contribution in [2.45, 2.75) is 30.2 Å². The van der Waals surface area contributed by atoms with Crippen LogP contribution in [0, 0.1) is 5.92 Å². The Morgan fingerprint density at radius 3 is 2.41 bits per heavy atom. The van der Waals surface area contributed by atoms with E-state index in [4.69, 9.17) is 16.7 Å². The Bertz CT molecular complexity index is 948. The fourth-order valence-corrected chi connectivity index (χ4v) is 5.34. The molecule has 29 heavy (non-hydrogen) atoms. The van der Waals surface area contributed by atoms with Crippen molar-refractivity contribution in [3.8, 4) is 0 Å². The molecular formula is C21H23ClNNaO4S. The minimum absolute atomic E-state index is 0. The Labute approximate surface area is 198 Å². The molecule has 1 aliphatic heterocycles. The SMILES string of the molecule is O=C(O)CC/C=C\[C@@H]1CCN(S(=O)(=O)c2ccc(Cl)cc2)[C@@H]1c1ccccc1.[NaH]. The number of hydrogen-bond donors (Lipinski definition) is 1. The zero-order valence-corrected chi connectivity index (χ0v) is 16.8. The number of nitrogens with zero attached hydrogens (tertiary/aromatic N) is 1. The Balaban J connectivity index is 0.00000300. The third-order valence-corrected chi connectivity index (χ3v) is 7.02. The van der Waals surface area contributed by atoms with Gasteiger partial charge in [-0.2, -0.15) is 4.31 Å². The summed E-state index contributed by atoms with van der Waals surface area (Å²) in [6.07, 6.45) is 4.96. The maximum absolute atomic E-state index is 13.3. The van der Waals surface area contributed by atoms with Gasteiger partial charge in [-0.15, -0.1) is 0 Å². The van der Waals surface area contributed by atoms with Gasteiger partial charge in [0.05, 0.1) is 10.9 Å². The van der Waals surface area contributed by atoms with Gasteiger partial charge in [-0.3, -0.25) is 4.79 Å². The van der Waals surface area contributed by atoms with Crippen LogP contribution in [0.5, 0.6) is 0 Å². The number of carboxylic acid groups (broad SMARTS) is 1. The van der Waals surface area contributed by atoms with Crippen LogP contribution in [-0.4, -0.2) is 59.9 Å². The van der Waals surface area contributed by atoms with Crippen LogP contribution < -0.4 is 0 Å². The van der Waals surface area contributed by atoms with Gasteiger partial charge >= 0.3 is 35.5 Å². The molecule has 0 unspecified atom stereocenters. The molecule has 8 heteroatoms. The summed E-state index contributed by atoms with van der Waals surface area (Å²) in [5.74, 6) is -0.860. The van der Waals surface area contributed by atoms with E-state index < -0.39 is 16.0 Å². The zero-order valence-electron chi connectivity index (χ0n) is 15.2. The van der Waals surface area contributed by atoms with Crippen LogP contribution in [0.1, 0.15) is 30.9 Å². The van der Waals surface area contributed by atoms with Gasteiger partial charge in [0.15, 0.2) is 0 Å². The quantitative estimate of drug-likeness (QED) is 0.520. The number of allylic oxidation sites excluding steroid dienone is 1. The Morgan fingerprint density at radius 2 is 1.79 bits per heavy atom. The fraction of sp³-hybridized carbons (Fsp3) is 0.286. The number of carbonyl (C=O) groups is 1. The standard InChI is InChI=1S/C21H22ClNO4S.Na.H/c22-18-10-12-19(13-11-18)28(26,27)23-15-14-17(8-4-5-9-20(24)25)21(23)16-6-2-1-3-7-16;;/h1-4,6-8,10-13,17,21H,5,9,14-15H2,(H,24,25);;/b8-4-;;/t17-,21-;;/m1../s1. The summed E-state index contributed by atoms with van der Waals surface area (Å²) >= 11 is 5.90. The van der Waals surface area contributed by atoms with Gasteiger partial charge in [-0.25, -0.2) is 8.42 Å². The van der Waals surface area contributed by atoms with Crippen molar-refractivity contribution in [1.82, 2.24) is 4.31 Å². The van der Waals surface area contributed by atoms with Crippen LogP contribution in [0.4, 0.5) is 0 Å². The minimum atomic E-state index is -3.68. The van der Waals surface area contributed by atoms with Gasteiger partial charge in [0.25, 0.3) is 0 Å². The van der Waals surface area contributed by atoms with Crippen LogP contribution in [-0.2, 0) is 14.8 Å². The van der Waals surface area contributed by atoms with E-state index in [1.165, 1.54) is 16.4 Å². The number of rotatable bonds is 7. The average Bonchev–Trinajstić information content (AvgIpc) is 3.11. The van der Waals surface area contributed by atoms with Crippen LogP contribution in [0.15, 0.2) is 71.6 Å². The molecule has 2 atom stereocenters. The van der Waals surface area contributed by atoms with Crippen molar-refractivity contribution in [1.29, 1.82) is 0 Å². The molecule has 1 N–H and O–H groups in total. The molecule has 0 radical (unpaired) electrons. The molecule has 1 aliphatic rings. The van der Waals surface area contributed by atoms with Crippen molar-refractivity contribution in [2.75, 3.05) is 6.54 Å². The van der Waals surface area contributed by atoms with Gasteiger partial charge < -0.3 is 5.11 Å². The number of sulfonamides is 1. The average molecular weight is 444 g/mol. The molecule has 0 saturated carbocycles. The summed E-state index contributed by atoms with van der Waals surface area (Å²) in [7, 11) is -3.68. The van der Waals surface area contributed by atoms with E-state index in [0.29, 0.717) is 24.4 Å². The van der Waals surface area contributed by atoms with E-state index in [2.05, 4.69) is 0 Å². The Hall–Kier alpha value is -1.15. The monoisotopic (exact) mass is 443 g/mol. The topological polar surface area (TPSA) is 74.7 Å². The van der Waals surface area contributed by atoms with Gasteiger partial charge in [0, 0.05) is 18.0 Å². The number of hydrogen-bond acceptors (Lipinski definition) is 3. The molecule has 0 spiro atoms. The van der Waals surface area contributed by atoms with Crippen LogP contribution in [0.25, 0.3) is 0 Å². The van der Waals surface area contributed by atoms with Crippen LogP contribution in [0.3, 0.4) is 0 Å².